The Kier molecular flexibility index (Phi) is 7.21. The molecule has 2 bridgehead atoms. The van der Waals surface area contributed by atoms with Gasteiger partial charge in [0.2, 0.25) is 17.7 Å². The van der Waals surface area contributed by atoms with Gasteiger partial charge in [0.05, 0.1) is 16.9 Å². The number of likely N-dealkylation sites (tertiary alicyclic amines) is 1. The number of aryl methyl sites for hydroxylation is 1. The zero-order valence-electron chi connectivity index (χ0n) is 17.0. The Balaban J connectivity index is 1.22. The lowest BCUT2D eigenvalue weighted by Crippen LogP contribution is -2.37. The first-order chi connectivity index (χ1) is 14.7. The number of halogens is 4. The van der Waals surface area contributed by atoms with Crippen LogP contribution in [0, 0.1) is 30.6 Å². The molecule has 0 spiro atoms. The minimum atomic E-state index is -0.151. The van der Waals surface area contributed by atoms with E-state index in [0.717, 1.165) is 29.3 Å². The van der Waals surface area contributed by atoms with E-state index in [1.807, 2.05) is 13.0 Å². The Hall–Kier alpha value is -0.440. The van der Waals surface area contributed by atoms with Gasteiger partial charge in [0.15, 0.2) is 0 Å². The summed E-state index contributed by atoms with van der Waals surface area (Å²) in [6.07, 6.45) is 3.55. The van der Waals surface area contributed by atoms with Crippen LogP contribution in [0.2, 0.25) is 5.02 Å². The molecule has 3 fully saturated rings. The fraction of sp³-hybridized carbons (Fsp3) is 0.591. The number of rotatable bonds is 7. The number of anilines is 1. The number of benzene rings is 1. The van der Waals surface area contributed by atoms with Crippen LogP contribution in [0.25, 0.3) is 0 Å². The van der Waals surface area contributed by atoms with Crippen LogP contribution in [0.4, 0.5) is 5.69 Å². The first-order valence-electron chi connectivity index (χ1n) is 10.6. The van der Waals surface area contributed by atoms with E-state index in [0.29, 0.717) is 30.1 Å². The summed E-state index contributed by atoms with van der Waals surface area (Å²) in [7, 11) is 0. The maximum Gasteiger partial charge on any atom is 0.233 e. The summed E-state index contributed by atoms with van der Waals surface area (Å²) in [5, 5.41) is 3.46. The zero-order chi connectivity index (χ0) is 22.4. The molecule has 3 amide bonds. The maximum absolute atomic E-state index is 12.9. The minimum absolute atomic E-state index is 0.00619. The fourth-order valence-electron chi connectivity index (χ4n) is 5.36. The van der Waals surface area contributed by atoms with Gasteiger partial charge < -0.3 is 5.32 Å². The van der Waals surface area contributed by atoms with Crippen LogP contribution in [-0.4, -0.2) is 38.8 Å². The second kappa shape index (κ2) is 9.43. The molecule has 4 rings (SSSR count). The SMILES string of the molecule is Cc1cc(Br)c(Cl)cc1NC(=O)CCCCCN1C(=O)[C@@H]2[C@H]3C[C@@H]([C@H](Br)[C@H]3Br)[C@H]2C1=O. The van der Waals surface area contributed by atoms with E-state index in [1.54, 1.807) is 6.07 Å². The van der Waals surface area contributed by atoms with Crippen LogP contribution in [0.5, 0.6) is 0 Å². The number of unbranched alkanes of at least 4 members (excludes halogenated alkanes) is 2. The highest BCUT2D eigenvalue weighted by molar-refractivity contribution is 9.12. The van der Waals surface area contributed by atoms with E-state index in [1.165, 1.54) is 4.90 Å². The third-order valence-corrected chi connectivity index (χ3v) is 11.3. The Bertz CT molecular complexity index is 896. The molecule has 0 aromatic heterocycles. The van der Waals surface area contributed by atoms with Gasteiger partial charge in [-0.05, 0) is 71.6 Å². The molecule has 1 aromatic rings. The first kappa shape index (κ1) is 23.7. The number of hydrogen-bond donors (Lipinski definition) is 1. The molecule has 1 N–H and O–H groups in total. The molecule has 31 heavy (non-hydrogen) atoms. The van der Waals surface area contributed by atoms with Crippen molar-refractivity contribution < 1.29 is 14.4 Å². The van der Waals surface area contributed by atoms with E-state index in [2.05, 4.69) is 53.1 Å². The third-order valence-electron chi connectivity index (χ3n) is 6.91. The Morgan fingerprint density at radius 2 is 1.71 bits per heavy atom. The van der Waals surface area contributed by atoms with Crippen molar-refractivity contribution >= 4 is 82.8 Å². The molecule has 9 heteroatoms. The number of imide groups is 1. The van der Waals surface area contributed by atoms with Crippen molar-refractivity contribution in [2.45, 2.75) is 48.7 Å². The van der Waals surface area contributed by atoms with Gasteiger partial charge in [-0.3, -0.25) is 19.3 Å². The van der Waals surface area contributed by atoms with Crippen molar-refractivity contribution in [1.29, 1.82) is 0 Å². The number of amides is 3. The second-order valence-electron chi connectivity index (χ2n) is 8.77. The van der Waals surface area contributed by atoms with Crippen molar-refractivity contribution in [1.82, 2.24) is 4.90 Å². The lowest BCUT2D eigenvalue weighted by atomic mass is 9.81. The molecule has 2 saturated carbocycles. The normalized spacial score (nSPS) is 31.5. The van der Waals surface area contributed by atoms with Crippen LogP contribution in [0.15, 0.2) is 16.6 Å². The highest BCUT2D eigenvalue weighted by Crippen LogP contribution is 2.60. The number of hydrogen-bond acceptors (Lipinski definition) is 3. The van der Waals surface area contributed by atoms with E-state index < -0.39 is 0 Å². The summed E-state index contributed by atoms with van der Waals surface area (Å²) >= 11 is 16.9. The second-order valence-corrected chi connectivity index (χ2v) is 12.1. The summed E-state index contributed by atoms with van der Waals surface area (Å²) in [6.45, 7) is 2.37. The fourth-order valence-corrected chi connectivity index (χ4v) is 7.85. The highest BCUT2D eigenvalue weighted by atomic mass is 79.9. The van der Waals surface area contributed by atoms with Gasteiger partial charge in [0.25, 0.3) is 0 Å². The molecular formula is C22H24Br3ClN2O3. The van der Waals surface area contributed by atoms with Gasteiger partial charge in [0, 0.05) is 32.8 Å². The summed E-state index contributed by atoms with van der Waals surface area (Å²) in [5.74, 6) is 0.149. The van der Waals surface area contributed by atoms with E-state index >= 15 is 0 Å². The predicted molar refractivity (Wildman–Crippen MR) is 132 cm³/mol. The molecule has 2 aliphatic carbocycles. The molecule has 5 nitrogen and oxygen atoms in total. The van der Waals surface area contributed by atoms with Crippen molar-refractivity contribution in [3.8, 4) is 0 Å². The van der Waals surface area contributed by atoms with Crippen molar-refractivity contribution in [3.63, 3.8) is 0 Å². The summed E-state index contributed by atoms with van der Waals surface area (Å²) in [6, 6.07) is 3.61. The van der Waals surface area contributed by atoms with Crippen molar-refractivity contribution in [3.05, 3.63) is 27.2 Å². The van der Waals surface area contributed by atoms with E-state index in [4.69, 9.17) is 11.6 Å². The smallest absolute Gasteiger partial charge is 0.233 e. The largest absolute Gasteiger partial charge is 0.326 e. The van der Waals surface area contributed by atoms with Gasteiger partial charge in [-0.15, -0.1) is 0 Å². The number of nitrogens with one attached hydrogen (secondary N) is 1. The molecular weight excluding hydrogens is 615 g/mol. The third kappa shape index (κ3) is 4.38. The molecule has 0 unspecified atom stereocenters. The molecule has 168 valence electrons. The first-order valence-corrected chi connectivity index (χ1v) is 13.6. The molecule has 1 saturated heterocycles. The highest BCUT2D eigenvalue weighted by Gasteiger charge is 2.66. The molecule has 3 aliphatic rings. The van der Waals surface area contributed by atoms with Crippen molar-refractivity contribution in [2.24, 2.45) is 23.7 Å². The van der Waals surface area contributed by atoms with E-state index in [9.17, 15) is 14.4 Å². The maximum atomic E-state index is 12.9. The Morgan fingerprint density at radius 1 is 1.10 bits per heavy atom. The van der Waals surface area contributed by atoms with Crippen molar-refractivity contribution in [2.75, 3.05) is 11.9 Å². The molecule has 6 atom stereocenters. The molecule has 0 radical (unpaired) electrons. The minimum Gasteiger partial charge on any atom is -0.326 e. The summed E-state index contributed by atoms with van der Waals surface area (Å²) in [5.41, 5.74) is 1.65. The van der Waals surface area contributed by atoms with Gasteiger partial charge >= 0.3 is 0 Å². The standard InChI is InChI=1S/C22H24Br3ClN2O3/c1-10-7-13(23)14(26)9-15(10)27-16(29)5-3-2-4-6-28-21(30)17-11-8-12(18(17)22(28)31)20(25)19(11)24/h7,9,11-12,17-20H,2-6,8H2,1H3,(H,27,29)/t11-,12-,17-,18-,19+,20+/m1/s1. The number of fused-ring (bicyclic) bond motifs is 5. The van der Waals surface area contributed by atoms with Gasteiger partial charge in [0.1, 0.15) is 0 Å². The average molecular weight is 640 g/mol. The lowest BCUT2D eigenvalue weighted by Gasteiger charge is -2.28. The van der Waals surface area contributed by atoms with Crippen LogP contribution in [0.3, 0.4) is 0 Å². The lowest BCUT2D eigenvalue weighted by molar-refractivity contribution is -0.140. The topological polar surface area (TPSA) is 66.5 Å². The average Bonchev–Trinajstić information content (AvgIpc) is 3.32. The number of carbonyl (C=O) groups excluding carboxylic acids is 3. The van der Waals surface area contributed by atoms with Crippen LogP contribution in [0.1, 0.15) is 37.7 Å². The monoisotopic (exact) mass is 636 g/mol. The van der Waals surface area contributed by atoms with Gasteiger partial charge in [-0.25, -0.2) is 0 Å². The zero-order valence-corrected chi connectivity index (χ0v) is 22.6. The van der Waals surface area contributed by atoms with Gasteiger partial charge in [-0.2, -0.15) is 0 Å². The predicted octanol–water partition coefficient (Wildman–Crippen LogP) is 5.69. The summed E-state index contributed by atoms with van der Waals surface area (Å²) < 4.78 is 0.797. The number of carbonyl (C=O) groups is 3. The van der Waals surface area contributed by atoms with Crippen LogP contribution < -0.4 is 5.32 Å². The quantitative estimate of drug-likeness (QED) is 0.237. The molecule has 1 aromatic carbocycles. The Morgan fingerprint density at radius 3 is 2.32 bits per heavy atom. The Labute approximate surface area is 212 Å². The number of nitrogens with zero attached hydrogens (tertiary/aromatic N) is 1. The van der Waals surface area contributed by atoms with E-state index in [-0.39, 0.29) is 51.0 Å². The van der Waals surface area contributed by atoms with Gasteiger partial charge in [-0.1, -0.05) is 49.9 Å². The van der Waals surface area contributed by atoms with Crippen LogP contribution >= 0.6 is 59.4 Å². The summed E-state index contributed by atoms with van der Waals surface area (Å²) in [4.78, 5) is 40.0. The van der Waals surface area contributed by atoms with Crippen LogP contribution in [-0.2, 0) is 14.4 Å². The number of alkyl halides is 2. The molecule has 1 heterocycles. The molecule has 1 aliphatic heterocycles.